The molecule has 4 aromatic rings. The quantitative estimate of drug-likeness (QED) is 0.255. The molecule has 1 N–H and O–H groups in total. The Kier molecular flexibility index (Phi) is 6.31. The van der Waals surface area contributed by atoms with Crippen LogP contribution in [0.4, 0.5) is 11.4 Å². The number of nitrogens with zero attached hydrogens (tertiary/aromatic N) is 4. The fourth-order valence-electron chi connectivity index (χ4n) is 3.77. The number of fused-ring (bicyclic) bond motifs is 1. The minimum absolute atomic E-state index is 0.127. The summed E-state index contributed by atoms with van der Waals surface area (Å²) in [5.41, 5.74) is 1.11. The van der Waals surface area contributed by atoms with E-state index in [9.17, 15) is 25.3 Å². The fourth-order valence-corrected chi connectivity index (χ4v) is 3.77. The first-order valence-electron chi connectivity index (χ1n) is 11.0. The average Bonchev–Trinajstić information content (AvgIpc) is 2.90. The van der Waals surface area contributed by atoms with Crippen LogP contribution in [0.15, 0.2) is 79.1 Å². The molecule has 5 rings (SSSR count). The standard InChI is InChI=1S/C25H18N4O8/c30-21-12-23(15-1-5-18(6-2-15)35-24-9-3-16(13-26-24)28(31)32)37-22-8-7-19(11-20(21)22)36-25-10-4-17(14-27-25)29(33)34/h1-11,13-14,21,23,30H,12H2. The van der Waals surface area contributed by atoms with Crippen molar-refractivity contribution in [3.63, 3.8) is 0 Å². The van der Waals surface area contributed by atoms with Gasteiger partial charge in [-0.3, -0.25) is 20.2 Å². The van der Waals surface area contributed by atoms with Gasteiger partial charge in [0.1, 0.15) is 35.7 Å². The highest BCUT2D eigenvalue weighted by molar-refractivity contribution is 5.45. The van der Waals surface area contributed by atoms with E-state index >= 15 is 0 Å². The smallest absolute Gasteiger partial charge is 0.287 e. The predicted molar refractivity (Wildman–Crippen MR) is 128 cm³/mol. The lowest BCUT2D eigenvalue weighted by molar-refractivity contribution is -0.385. The van der Waals surface area contributed by atoms with Crippen LogP contribution in [0.5, 0.6) is 29.0 Å². The van der Waals surface area contributed by atoms with Gasteiger partial charge in [0.2, 0.25) is 11.8 Å². The van der Waals surface area contributed by atoms with Crippen LogP contribution in [0.3, 0.4) is 0 Å². The number of benzene rings is 2. The van der Waals surface area contributed by atoms with Crippen LogP contribution < -0.4 is 14.2 Å². The molecule has 0 aliphatic carbocycles. The lowest BCUT2D eigenvalue weighted by atomic mass is 9.95. The maximum atomic E-state index is 10.8. The van der Waals surface area contributed by atoms with Gasteiger partial charge in [-0.15, -0.1) is 0 Å². The molecule has 12 heteroatoms. The monoisotopic (exact) mass is 502 g/mol. The van der Waals surface area contributed by atoms with E-state index in [4.69, 9.17) is 14.2 Å². The van der Waals surface area contributed by atoms with Crippen LogP contribution in [0.2, 0.25) is 0 Å². The molecule has 0 fully saturated rings. The van der Waals surface area contributed by atoms with Gasteiger partial charge >= 0.3 is 0 Å². The lowest BCUT2D eigenvalue weighted by Crippen LogP contribution is -2.19. The topological polar surface area (TPSA) is 160 Å². The number of ether oxygens (including phenoxy) is 3. The van der Waals surface area contributed by atoms with Crippen molar-refractivity contribution in [1.82, 2.24) is 9.97 Å². The van der Waals surface area contributed by atoms with E-state index in [1.807, 2.05) is 0 Å². The molecule has 0 saturated carbocycles. The molecule has 2 unspecified atom stereocenters. The van der Waals surface area contributed by atoms with Gasteiger partial charge in [0, 0.05) is 36.2 Å². The summed E-state index contributed by atoms with van der Waals surface area (Å²) in [5, 5.41) is 32.3. The molecule has 0 spiro atoms. The summed E-state index contributed by atoms with van der Waals surface area (Å²) in [4.78, 5) is 28.3. The van der Waals surface area contributed by atoms with Gasteiger partial charge in [-0.25, -0.2) is 9.97 Å². The molecule has 37 heavy (non-hydrogen) atoms. The van der Waals surface area contributed by atoms with E-state index in [0.29, 0.717) is 29.2 Å². The van der Waals surface area contributed by atoms with Crippen LogP contribution >= 0.6 is 0 Å². The Balaban J connectivity index is 1.25. The lowest BCUT2D eigenvalue weighted by Gasteiger charge is -2.30. The third-order valence-electron chi connectivity index (χ3n) is 5.61. The molecule has 0 saturated heterocycles. The summed E-state index contributed by atoms with van der Waals surface area (Å²) in [7, 11) is 0. The third-order valence-corrected chi connectivity index (χ3v) is 5.61. The van der Waals surface area contributed by atoms with Crippen molar-refractivity contribution in [3.8, 4) is 29.0 Å². The second-order valence-electron chi connectivity index (χ2n) is 8.05. The van der Waals surface area contributed by atoms with Crippen molar-refractivity contribution >= 4 is 11.4 Å². The average molecular weight is 502 g/mol. The van der Waals surface area contributed by atoms with Crippen LogP contribution in [0.1, 0.15) is 29.8 Å². The summed E-state index contributed by atoms with van der Waals surface area (Å²) in [6, 6.07) is 17.5. The van der Waals surface area contributed by atoms with E-state index in [0.717, 1.165) is 18.0 Å². The summed E-state index contributed by atoms with van der Waals surface area (Å²) in [6.07, 6.45) is 1.31. The Morgan fingerprint density at radius 3 is 1.92 bits per heavy atom. The van der Waals surface area contributed by atoms with Gasteiger partial charge in [-0.2, -0.15) is 0 Å². The maximum Gasteiger partial charge on any atom is 0.287 e. The Morgan fingerprint density at radius 1 is 0.811 bits per heavy atom. The van der Waals surface area contributed by atoms with Crippen molar-refractivity contribution in [2.45, 2.75) is 18.6 Å². The Labute approximate surface area is 209 Å². The molecule has 3 heterocycles. The number of rotatable bonds is 7. The van der Waals surface area contributed by atoms with Gasteiger partial charge in [-0.1, -0.05) is 12.1 Å². The Morgan fingerprint density at radius 2 is 1.38 bits per heavy atom. The second-order valence-corrected chi connectivity index (χ2v) is 8.05. The highest BCUT2D eigenvalue weighted by Crippen LogP contribution is 2.43. The Bertz CT molecular complexity index is 1440. The molecular formula is C25H18N4O8. The normalized spacial score (nSPS) is 16.2. The first-order valence-corrected chi connectivity index (χ1v) is 11.0. The molecule has 1 aliphatic heterocycles. The van der Waals surface area contributed by atoms with Crippen molar-refractivity contribution in [3.05, 3.63) is 110 Å². The van der Waals surface area contributed by atoms with E-state index in [2.05, 4.69) is 9.97 Å². The number of aliphatic hydroxyl groups excluding tert-OH is 1. The SMILES string of the molecule is O=[N+]([O-])c1ccc(Oc2ccc(C3CC(O)c4cc(Oc5ccc([N+](=O)[O-])cn5)ccc4O3)cc2)nc1. The number of hydrogen-bond donors (Lipinski definition) is 1. The first kappa shape index (κ1) is 23.6. The Hall–Kier alpha value is -5.10. The number of pyridine rings is 2. The molecule has 186 valence electrons. The molecular weight excluding hydrogens is 484 g/mol. The summed E-state index contributed by atoms with van der Waals surface area (Å²) in [6.45, 7) is 0. The molecule has 2 aromatic heterocycles. The van der Waals surface area contributed by atoms with Gasteiger partial charge in [-0.05, 0) is 35.9 Å². The van der Waals surface area contributed by atoms with Gasteiger partial charge in [0.25, 0.3) is 11.4 Å². The van der Waals surface area contributed by atoms with Crippen LogP contribution in [0, 0.1) is 20.2 Å². The van der Waals surface area contributed by atoms with E-state index < -0.39 is 22.1 Å². The van der Waals surface area contributed by atoms with Gasteiger partial charge in [0.15, 0.2) is 0 Å². The van der Waals surface area contributed by atoms with Crippen molar-refractivity contribution in [1.29, 1.82) is 0 Å². The molecule has 12 nitrogen and oxygen atoms in total. The molecule has 0 bridgehead atoms. The van der Waals surface area contributed by atoms with Gasteiger partial charge < -0.3 is 19.3 Å². The summed E-state index contributed by atoms with van der Waals surface area (Å²) < 4.78 is 17.4. The molecule has 1 aliphatic rings. The molecule has 0 radical (unpaired) electrons. The van der Waals surface area contributed by atoms with Gasteiger partial charge in [0.05, 0.1) is 16.0 Å². The zero-order chi connectivity index (χ0) is 25.9. The number of nitro groups is 2. The van der Waals surface area contributed by atoms with E-state index in [1.54, 1.807) is 42.5 Å². The zero-order valence-electron chi connectivity index (χ0n) is 19.0. The van der Waals surface area contributed by atoms with Crippen LogP contribution in [-0.4, -0.2) is 24.9 Å². The van der Waals surface area contributed by atoms with Crippen molar-refractivity contribution in [2.24, 2.45) is 0 Å². The van der Waals surface area contributed by atoms with Crippen molar-refractivity contribution in [2.75, 3.05) is 0 Å². The first-order chi connectivity index (χ1) is 17.9. The largest absolute Gasteiger partial charge is 0.485 e. The summed E-state index contributed by atoms with van der Waals surface area (Å²) in [5.74, 6) is 1.80. The third kappa shape index (κ3) is 5.28. The second kappa shape index (κ2) is 9.87. The van der Waals surface area contributed by atoms with E-state index in [-0.39, 0.29) is 23.1 Å². The minimum atomic E-state index is -0.817. The summed E-state index contributed by atoms with van der Waals surface area (Å²) >= 11 is 0. The van der Waals surface area contributed by atoms with E-state index in [1.165, 1.54) is 24.3 Å². The van der Waals surface area contributed by atoms with Crippen LogP contribution in [0.25, 0.3) is 0 Å². The fraction of sp³-hybridized carbons (Fsp3) is 0.120. The van der Waals surface area contributed by atoms with Crippen molar-refractivity contribution < 1.29 is 29.2 Å². The molecule has 2 aromatic carbocycles. The number of hydrogen-bond acceptors (Lipinski definition) is 10. The number of aromatic nitrogens is 2. The molecule has 2 atom stereocenters. The highest BCUT2D eigenvalue weighted by Gasteiger charge is 2.28. The van der Waals surface area contributed by atoms with Crippen LogP contribution in [-0.2, 0) is 0 Å². The number of aliphatic hydroxyl groups is 1. The predicted octanol–water partition coefficient (Wildman–Crippen LogP) is 5.43. The zero-order valence-corrected chi connectivity index (χ0v) is 19.0. The molecule has 0 amide bonds. The highest BCUT2D eigenvalue weighted by atomic mass is 16.6. The minimum Gasteiger partial charge on any atom is -0.485 e. The maximum absolute atomic E-state index is 10.8.